The molecule has 2 aliphatic rings. The number of rotatable bonds is 4. The molecule has 0 aromatic heterocycles. The van der Waals surface area contributed by atoms with Gasteiger partial charge in [-0.25, -0.2) is 0 Å². The van der Waals surface area contributed by atoms with Gasteiger partial charge in [-0.05, 0) is 38.4 Å². The number of para-hydroxylation sites is 1. The summed E-state index contributed by atoms with van der Waals surface area (Å²) >= 11 is 0. The first-order valence-electron chi connectivity index (χ1n) is 9.54. The molecule has 138 valence electrons. The van der Waals surface area contributed by atoms with Gasteiger partial charge < -0.3 is 10.2 Å². The maximum atomic E-state index is 12.2. The highest BCUT2D eigenvalue weighted by Crippen LogP contribution is 2.26. The highest BCUT2D eigenvalue weighted by atomic mass is 16.2. The summed E-state index contributed by atoms with van der Waals surface area (Å²) in [5, 5.41) is 2.98. The van der Waals surface area contributed by atoms with Crippen molar-refractivity contribution in [2.75, 3.05) is 51.6 Å². The average Bonchev–Trinajstić information content (AvgIpc) is 2.60. The summed E-state index contributed by atoms with van der Waals surface area (Å²) in [6.45, 7) is 10.5. The summed E-state index contributed by atoms with van der Waals surface area (Å²) in [7, 11) is 2.24. The molecule has 0 spiro atoms. The van der Waals surface area contributed by atoms with E-state index in [1.165, 1.54) is 13.0 Å². The van der Waals surface area contributed by atoms with Crippen LogP contribution < -0.4 is 5.32 Å². The minimum atomic E-state index is 0.0842. The fourth-order valence-corrected chi connectivity index (χ4v) is 4.20. The number of piperazine rings is 1. The number of anilines is 1. The lowest BCUT2D eigenvalue weighted by molar-refractivity contribution is -0.117. The van der Waals surface area contributed by atoms with Gasteiger partial charge in [0.1, 0.15) is 0 Å². The van der Waals surface area contributed by atoms with Gasteiger partial charge >= 0.3 is 0 Å². The average molecular weight is 345 g/mol. The molecule has 1 aromatic rings. The van der Waals surface area contributed by atoms with Crippen molar-refractivity contribution in [3.63, 3.8) is 0 Å². The molecule has 1 N–H and O–H groups in total. The summed E-state index contributed by atoms with van der Waals surface area (Å²) in [5.41, 5.74) is 0.875. The van der Waals surface area contributed by atoms with E-state index in [4.69, 9.17) is 0 Å². The van der Waals surface area contributed by atoms with E-state index in [0.717, 1.165) is 31.9 Å². The maximum Gasteiger partial charge on any atom is 0.238 e. The summed E-state index contributed by atoms with van der Waals surface area (Å²) in [6.07, 6.45) is 1.26. The predicted octanol–water partition coefficient (Wildman–Crippen LogP) is 1.97. The minimum absolute atomic E-state index is 0.0842. The van der Waals surface area contributed by atoms with Gasteiger partial charge in [0.15, 0.2) is 0 Å². The molecule has 2 fully saturated rings. The highest BCUT2D eigenvalue weighted by molar-refractivity contribution is 5.92. The van der Waals surface area contributed by atoms with Crippen LogP contribution in [-0.4, -0.2) is 79.0 Å². The number of hydrogen-bond donors (Lipinski definition) is 1. The van der Waals surface area contributed by atoms with Crippen molar-refractivity contribution in [3.05, 3.63) is 30.3 Å². The fourth-order valence-electron chi connectivity index (χ4n) is 4.20. The van der Waals surface area contributed by atoms with Gasteiger partial charge in [-0.3, -0.25) is 14.6 Å². The van der Waals surface area contributed by atoms with E-state index in [9.17, 15) is 4.79 Å². The topological polar surface area (TPSA) is 38.8 Å². The molecule has 25 heavy (non-hydrogen) atoms. The Morgan fingerprint density at radius 2 is 1.80 bits per heavy atom. The minimum Gasteiger partial charge on any atom is -0.325 e. The Labute approximate surface area is 152 Å². The van der Waals surface area contributed by atoms with Crippen LogP contribution in [0.4, 0.5) is 5.69 Å². The van der Waals surface area contributed by atoms with Crippen molar-refractivity contribution in [1.82, 2.24) is 14.7 Å². The van der Waals surface area contributed by atoms with E-state index in [0.29, 0.717) is 24.5 Å². The van der Waals surface area contributed by atoms with E-state index in [2.05, 4.69) is 40.9 Å². The van der Waals surface area contributed by atoms with Crippen LogP contribution in [0.15, 0.2) is 30.3 Å². The number of piperidine rings is 1. The molecule has 2 saturated heterocycles. The summed E-state index contributed by atoms with van der Waals surface area (Å²) in [5.74, 6) is 0.801. The second-order valence-corrected chi connectivity index (χ2v) is 7.80. The number of carbonyl (C=O) groups is 1. The van der Waals surface area contributed by atoms with Gasteiger partial charge in [0.2, 0.25) is 5.91 Å². The Bertz CT molecular complexity index is 556. The molecule has 5 nitrogen and oxygen atoms in total. The molecule has 0 bridgehead atoms. The molecule has 3 atom stereocenters. The lowest BCUT2D eigenvalue weighted by Gasteiger charge is -2.47. The molecule has 3 rings (SSSR count). The number of nitrogens with zero attached hydrogens (tertiary/aromatic N) is 3. The molecule has 0 radical (unpaired) electrons. The van der Waals surface area contributed by atoms with Crippen molar-refractivity contribution in [2.45, 2.75) is 32.4 Å². The van der Waals surface area contributed by atoms with Crippen LogP contribution in [0.1, 0.15) is 20.3 Å². The van der Waals surface area contributed by atoms with Gasteiger partial charge in [-0.2, -0.15) is 0 Å². The molecule has 0 unspecified atom stereocenters. The Hall–Kier alpha value is -1.43. The zero-order valence-electron chi connectivity index (χ0n) is 15.8. The number of nitrogens with one attached hydrogen (secondary N) is 1. The number of likely N-dealkylation sites (tertiary alicyclic amines) is 1. The van der Waals surface area contributed by atoms with Gasteiger partial charge in [0, 0.05) is 50.5 Å². The summed E-state index contributed by atoms with van der Waals surface area (Å²) < 4.78 is 0. The molecule has 2 heterocycles. The van der Waals surface area contributed by atoms with Gasteiger partial charge in [-0.15, -0.1) is 0 Å². The molecular formula is C20H32N4O. The van der Waals surface area contributed by atoms with E-state index in [1.54, 1.807) is 0 Å². The number of benzene rings is 1. The zero-order chi connectivity index (χ0) is 17.8. The third-order valence-corrected chi connectivity index (χ3v) is 5.87. The first-order chi connectivity index (χ1) is 12.0. The van der Waals surface area contributed by atoms with Crippen LogP contribution in [0.2, 0.25) is 0 Å². The van der Waals surface area contributed by atoms with Gasteiger partial charge in [0.25, 0.3) is 0 Å². The van der Waals surface area contributed by atoms with E-state index < -0.39 is 0 Å². The molecule has 2 aliphatic heterocycles. The van der Waals surface area contributed by atoms with Gasteiger partial charge in [-0.1, -0.05) is 25.1 Å². The first-order valence-corrected chi connectivity index (χ1v) is 9.54. The zero-order valence-corrected chi connectivity index (χ0v) is 15.8. The van der Waals surface area contributed by atoms with Gasteiger partial charge in [0.05, 0.1) is 6.54 Å². The molecular weight excluding hydrogens is 312 g/mol. The Kier molecular flexibility index (Phi) is 6.10. The molecule has 1 aromatic carbocycles. The quantitative estimate of drug-likeness (QED) is 0.906. The molecule has 0 saturated carbocycles. The second-order valence-electron chi connectivity index (χ2n) is 7.80. The molecule has 1 amide bonds. The summed E-state index contributed by atoms with van der Waals surface area (Å²) in [4.78, 5) is 19.6. The number of carbonyl (C=O) groups excluding carboxylic acids is 1. The third-order valence-electron chi connectivity index (χ3n) is 5.87. The van der Waals surface area contributed by atoms with Crippen LogP contribution in [0, 0.1) is 5.92 Å². The van der Waals surface area contributed by atoms with Crippen LogP contribution in [0.3, 0.4) is 0 Å². The SMILES string of the molecule is C[C@@H]1CN(C)[C@H](C)C[C@H]1N1CCN(CC(=O)Nc2ccccc2)CC1. The van der Waals surface area contributed by atoms with E-state index in [-0.39, 0.29) is 5.91 Å². The van der Waals surface area contributed by atoms with Crippen LogP contribution in [0.5, 0.6) is 0 Å². The Balaban J connectivity index is 1.45. The first kappa shape index (κ1) is 18.4. The normalized spacial score (nSPS) is 29.5. The monoisotopic (exact) mass is 344 g/mol. The maximum absolute atomic E-state index is 12.2. The van der Waals surface area contributed by atoms with Crippen molar-refractivity contribution in [1.29, 1.82) is 0 Å². The van der Waals surface area contributed by atoms with Crippen molar-refractivity contribution in [2.24, 2.45) is 5.92 Å². The molecule has 0 aliphatic carbocycles. The largest absolute Gasteiger partial charge is 0.325 e. The Morgan fingerprint density at radius 1 is 1.12 bits per heavy atom. The standard InChI is InChI=1S/C20H32N4O/c1-16-14-22(3)17(2)13-19(16)24-11-9-23(10-12-24)15-20(25)21-18-7-5-4-6-8-18/h4-8,16-17,19H,9-15H2,1-3H3,(H,21,25)/t16-,17-,19-/m1/s1. The second kappa shape index (κ2) is 8.30. The van der Waals surface area contributed by atoms with E-state index in [1.807, 2.05) is 30.3 Å². The van der Waals surface area contributed by atoms with Crippen molar-refractivity contribution >= 4 is 11.6 Å². The number of hydrogen-bond acceptors (Lipinski definition) is 4. The van der Waals surface area contributed by atoms with Crippen LogP contribution in [-0.2, 0) is 4.79 Å². The van der Waals surface area contributed by atoms with Crippen LogP contribution in [0.25, 0.3) is 0 Å². The summed E-state index contributed by atoms with van der Waals surface area (Å²) in [6, 6.07) is 11.1. The third kappa shape index (κ3) is 4.81. The van der Waals surface area contributed by atoms with Crippen molar-refractivity contribution in [3.8, 4) is 0 Å². The van der Waals surface area contributed by atoms with Crippen molar-refractivity contribution < 1.29 is 4.79 Å². The molecule has 5 heteroatoms. The highest BCUT2D eigenvalue weighted by Gasteiger charge is 2.34. The lowest BCUT2D eigenvalue weighted by atomic mass is 9.88. The number of amides is 1. The smallest absolute Gasteiger partial charge is 0.238 e. The Morgan fingerprint density at radius 3 is 2.48 bits per heavy atom. The lowest BCUT2D eigenvalue weighted by Crippen LogP contribution is -2.57. The fraction of sp³-hybridized carbons (Fsp3) is 0.650. The predicted molar refractivity (Wildman–Crippen MR) is 103 cm³/mol. The van der Waals surface area contributed by atoms with Crippen LogP contribution >= 0.6 is 0 Å². The van der Waals surface area contributed by atoms with E-state index >= 15 is 0 Å².